The van der Waals surface area contributed by atoms with Crippen LogP contribution in [0.4, 0.5) is 0 Å². The number of thiocarbonyl (C=S) groups is 1. The number of amides is 2. The highest BCUT2D eigenvalue weighted by Crippen LogP contribution is 2.28. The van der Waals surface area contributed by atoms with Crippen LogP contribution in [0.25, 0.3) is 0 Å². The summed E-state index contributed by atoms with van der Waals surface area (Å²) >= 11 is 5.00. The van der Waals surface area contributed by atoms with Gasteiger partial charge in [-0.15, -0.1) is 0 Å². The zero-order valence-corrected chi connectivity index (χ0v) is 12.3. The highest BCUT2D eigenvalue weighted by molar-refractivity contribution is 7.80. The molecule has 0 saturated carbocycles. The predicted octanol–water partition coefficient (Wildman–Crippen LogP) is 0.849. The van der Waals surface area contributed by atoms with Crippen molar-refractivity contribution in [2.45, 2.75) is 52.5 Å². The Morgan fingerprint density at radius 2 is 1.56 bits per heavy atom. The van der Waals surface area contributed by atoms with E-state index in [1.807, 2.05) is 13.8 Å². The van der Waals surface area contributed by atoms with Gasteiger partial charge in [-0.1, -0.05) is 33.0 Å². The van der Waals surface area contributed by atoms with E-state index in [2.05, 4.69) is 5.32 Å². The van der Waals surface area contributed by atoms with Gasteiger partial charge in [-0.25, -0.2) is 0 Å². The van der Waals surface area contributed by atoms with Crippen LogP contribution in [0.1, 0.15) is 47.0 Å². The summed E-state index contributed by atoms with van der Waals surface area (Å²) in [6.07, 6.45) is 1.39. The van der Waals surface area contributed by atoms with Crippen molar-refractivity contribution in [3.8, 4) is 0 Å². The third-order valence-electron chi connectivity index (χ3n) is 3.75. The first-order valence-corrected chi connectivity index (χ1v) is 6.53. The van der Waals surface area contributed by atoms with Crippen molar-refractivity contribution in [3.05, 3.63) is 0 Å². The molecule has 0 bridgehead atoms. The summed E-state index contributed by atoms with van der Waals surface area (Å²) in [4.78, 5) is 23.9. The number of rotatable bonds is 7. The standard InChI is InChI=1S/C12H23N3O2S/c1-5-11(4,8(13)16)15-10(17)12(6-2,7-3)9(14)18/h5-7H2,1-4H3,(H2,13,16)(H2,14,18)(H,15,17). The summed E-state index contributed by atoms with van der Waals surface area (Å²) in [6, 6.07) is 0. The van der Waals surface area contributed by atoms with Crippen molar-refractivity contribution < 1.29 is 9.59 Å². The van der Waals surface area contributed by atoms with Gasteiger partial charge in [0, 0.05) is 0 Å². The fourth-order valence-electron chi connectivity index (χ4n) is 1.73. The Bertz CT molecular complexity index is 353. The van der Waals surface area contributed by atoms with E-state index in [0.717, 1.165) is 0 Å². The van der Waals surface area contributed by atoms with Crippen LogP contribution in [0.2, 0.25) is 0 Å². The maximum Gasteiger partial charge on any atom is 0.242 e. The molecule has 0 saturated heterocycles. The molecule has 0 aromatic rings. The molecule has 5 N–H and O–H groups in total. The van der Waals surface area contributed by atoms with Gasteiger partial charge < -0.3 is 16.8 Å². The molecule has 0 aromatic carbocycles. The van der Waals surface area contributed by atoms with Crippen LogP contribution >= 0.6 is 12.2 Å². The van der Waals surface area contributed by atoms with Crippen molar-refractivity contribution in [2.75, 3.05) is 0 Å². The van der Waals surface area contributed by atoms with E-state index in [9.17, 15) is 9.59 Å². The average Bonchev–Trinajstić information content (AvgIpc) is 2.30. The van der Waals surface area contributed by atoms with Gasteiger partial charge in [0.25, 0.3) is 0 Å². The Hall–Kier alpha value is -1.17. The molecule has 1 unspecified atom stereocenters. The molecule has 2 amide bonds. The molecule has 5 nitrogen and oxygen atoms in total. The SMILES string of the molecule is CCC(C)(NC(=O)C(CC)(CC)C(N)=S)C(N)=O. The Morgan fingerprint density at radius 3 is 1.78 bits per heavy atom. The Labute approximate surface area is 114 Å². The first-order chi connectivity index (χ1) is 8.20. The van der Waals surface area contributed by atoms with Crippen LogP contribution in [-0.4, -0.2) is 22.3 Å². The van der Waals surface area contributed by atoms with Crippen LogP contribution in [0.3, 0.4) is 0 Å². The molecule has 0 aliphatic rings. The predicted molar refractivity (Wildman–Crippen MR) is 75.8 cm³/mol. The third-order valence-corrected chi connectivity index (χ3v) is 4.14. The lowest BCUT2D eigenvalue weighted by atomic mass is 9.80. The van der Waals surface area contributed by atoms with Crippen molar-refractivity contribution in [1.82, 2.24) is 5.32 Å². The monoisotopic (exact) mass is 273 g/mol. The van der Waals surface area contributed by atoms with Gasteiger partial charge in [-0.3, -0.25) is 9.59 Å². The number of carbonyl (C=O) groups excluding carboxylic acids is 2. The number of carbonyl (C=O) groups is 2. The molecule has 0 aliphatic heterocycles. The van der Waals surface area contributed by atoms with Gasteiger partial charge in [0.15, 0.2) is 0 Å². The quantitative estimate of drug-likeness (QED) is 0.599. The smallest absolute Gasteiger partial charge is 0.242 e. The second-order valence-electron chi connectivity index (χ2n) is 4.66. The summed E-state index contributed by atoms with van der Waals surface area (Å²) in [5, 5.41) is 2.69. The molecule has 6 heteroatoms. The number of nitrogens with two attached hydrogens (primary N) is 2. The second-order valence-corrected chi connectivity index (χ2v) is 5.10. The van der Waals surface area contributed by atoms with E-state index in [0.29, 0.717) is 19.3 Å². The molecule has 0 aromatic heterocycles. The molecule has 0 fully saturated rings. The summed E-state index contributed by atoms with van der Waals surface area (Å²) < 4.78 is 0. The lowest BCUT2D eigenvalue weighted by Crippen LogP contribution is -2.60. The average molecular weight is 273 g/mol. The summed E-state index contributed by atoms with van der Waals surface area (Å²) in [7, 11) is 0. The summed E-state index contributed by atoms with van der Waals surface area (Å²) in [5.74, 6) is -0.898. The molecule has 0 radical (unpaired) electrons. The highest BCUT2D eigenvalue weighted by Gasteiger charge is 2.42. The van der Waals surface area contributed by atoms with Gasteiger partial charge in [-0.2, -0.15) is 0 Å². The van der Waals surface area contributed by atoms with Gasteiger partial charge in [0.2, 0.25) is 11.8 Å². The fourth-order valence-corrected chi connectivity index (χ4v) is 2.11. The lowest BCUT2D eigenvalue weighted by molar-refractivity contribution is -0.135. The largest absolute Gasteiger partial charge is 0.392 e. The number of primary amides is 1. The molecular weight excluding hydrogens is 250 g/mol. The maximum absolute atomic E-state index is 12.4. The minimum atomic E-state index is -1.07. The Balaban J connectivity index is 5.27. The van der Waals surface area contributed by atoms with E-state index >= 15 is 0 Å². The fraction of sp³-hybridized carbons (Fsp3) is 0.750. The van der Waals surface area contributed by atoms with E-state index in [-0.39, 0.29) is 10.9 Å². The van der Waals surface area contributed by atoms with Gasteiger partial charge >= 0.3 is 0 Å². The van der Waals surface area contributed by atoms with Crippen LogP contribution in [0.5, 0.6) is 0 Å². The van der Waals surface area contributed by atoms with Crippen molar-refractivity contribution in [2.24, 2.45) is 16.9 Å². The minimum absolute atomic E-state index is 0.146. The molecule has 0 heterocycles. The van der Waals surface area contributed by atoms with Crippen LogP contribution < -0.4 is 16.8 Å². The number of nitrogens with one attached hydrogen (secondary N) is 1. The molecule has 18 heavy (non-hydrogen) atoms. The van der Waals surface area contributed by atoms with Crippen LogP contribution in [0.15, 0.2) is 0 Å². The van der Waals surface area contributed by atoms with Crippen molar-refractivity contribution >= 4 is 29.0 Å². The molecule has 0 rings (SSSR count). The topological polar surface area (TPSA) is 98.2 Å². The molecule has 104 valence electrons. The zero-order chi connectivity index (χ0) is 14.6. The van der Waals surface area contributed by atoms with Gasteiger partial charge in [0.1, 0.15) is 5.54 Å². The summed E-state index contributed by atoms with van der Waals surface area (Å²) in [6.45, 7) is 7.07. The minimum Gasteiger partial charge on any atom is -0.392 e. The van der Waals surface area contributed by atoms with Gasteiger partial charge in [0.05, 0.1) is 10.4 Å². The number of hydrogen-bond acceptors (Lipinski definition) is 3. The Morgan fingerprint density at radius 1 is 1.11 bits per heavy atom. The normalized spacial score (nSPS) is 14.7. The highest BCUT2D eigenvalue weighted by atomic mass is 32.1. The van der Waals surface area contributed by atoms with Crippen LogP contribution in [-0.2, 0) is 9.59 Å². The van der Waals surface area contributed by atoms with Gasteiger partial charge in [-0.05, 0) is 26.2 Å². The molecule has 1 atom stereocenters. The van der Waals surface area contributed by atoms with Crippen molar-refractivity contribution in [1.29, 1.82) is 0 Å². The molecule has 0 aliphatic carbocycles. The number of hydrogen-bond donors (Lipinski definition) is 3. The van der Waals surface area contributed by atoms with E-state index in [1.54, 1.807) is 13.8 Å². The third kappa shape index (κ3) is 2.98. The molecular formula is C12H23N3O2S. The maximum atomic E-state index is 12.4. The van der Waals surface area contributed by atoms with Crippen LogP contribution in [0, 0.1) is 5.41 Å². The van der Waals surface area contributed by atoms with E-state index in [1.165, 1.54) is 0 Å². The summed E-state index contributed by atoms with van der Waals surface area (Å²) in [5.41, 5.74) is 9.01. The van der Waals surface area contributed by atoms with E-state index in [4.69, 9.17) is 23.7 Å². The molecule has 0 spiro atoms. The zero-order valence-electron chi connectivity index (χ0n) is 11.5. The van der Waals surface area contributed by atoms with E-state index < -0.39 is 16.9 Å². The first-order valence-electron chi connectivity index (χ1n) is 6.12. The lowest BCUT2D eigenvalue weighted by Gasteiger charge is -2.34. The van der Waals surface area contributed by atoms with Crippen molar-refractivity contribution in [3.63, 3.8) is 0 Å². The first kappa shape index (κ1) is 16.8. The second kappa shape index (κ2) is 6.13. The Kier molecular flexibility index (Phi) is 5.73.